The van der Waals surface area contributed by atoms with Crippen LogP contribution in [-0.4, -0.2) is 62.9 Å². The van der Waals surface area contributed by atoms with Crippen LogP contribution in [-0.2, 0) is 11.2 Å². The number of nitrogens with one attached hydrogen (secondary N) is 2. The molecule has 0 unspecified atom stereocenters. The lowest BCUT2D eigenvalue weighted by Gasteiger charge is -2.36. The van der Waals surface area contributed by atoms with Crippen LogP contribution in [0.4, 0.5) is 22.1 Å². The van der Waals surface area contributed by atoms with E-state index in [1.807, 2.05) is 32.9 Å². The second-order valence-electron chi connectivity index (χ2n) is 10.5. The summed E-state index contributed by atoms with van der Waals surface area (Å²) in [6.07, 6.45) is 3.41. The molecule has 1 amide bonds. The van der Waals surface area contributed by atoms with Gasteiger partial charge in [-0.15, -0.1) is 0 Å². The molecule has 4 aromatic rings. The number of hydrogen-bond donors (Lipinski definition) is 2. The minimum Gasteiger partial charge on any atom is -0.444 e. The molecule has 0 spiro atoms. The summed E-state index contributed by atoms with van der Waals surface area (Å²) < 4.78 is 5.48. The Kier molecular flexibility index (Phi) is 7.82. The van der Waals surface area contributed by atoms with E-state index in [-0.39, 0.29) is 11.7 Å². The average molecular weight is 582 g/mol. The van der Waals surface area contributed by atoms with Crippen molar-refractivity contribution in [2.75, 3.05) is 36.4 Å². The molecule has 208 valence electrons. The summed E-state index contributed by atoms with van der Waals surface area (Å²) in [6.45, 7) is 8.02. The monoisotopic (exact) mass is 581 g/mol. The number of piperazine rings is 1. The molecular weight excluding hydrogens is 553 g/mol. The minimum atomic E-state index is -0.524. The summed E-state index contributed by atoms with van der Waals surface area (Å²) >= 11 is 12.8. The number of amides is 1. The third-order valence-corrected chi connectivity index (χ3v) is 7.12. The Labute approximate surface area is 241 Å². The van der Waals surface area contributed by atoms with E-state index < -0.39 is 5.60 Å². The number of aromatic amines is 1. The first-order chi connectivity index (χ1) is 19.1. The van der Waals surface area contributed by atoms with Gasteiger partial charge in [0.25, 0.3) is 5.56 Å². The highest BCUT2D eigenvalue weighted by Gasteiger charge is 2.26. The summed E-state index contributed by atoms with van der Waals surface area (Å²) in [4.78, 5) is 38.2. The number of carbonyl (C=O) groups excluding carboxylic acids is 1. The van der Waals surface area contributed by atoms with Crippen LogP contribution in [0.3, 0.4) is 0 Å². The third kappa shape index (κ3) is 6.29. The predicted molar refractivity (Wildman–Crippen MR) is 157 cm³/mol. The van der Waals surface area contributed by atoms with Crippen LogP contribution in [0.5, 0.6) is 0 Å². The Bertz CT molecular complexity index is 1570. The van der Waals surface area contributed by atoms with Gasteiger partial charge in [0.2, 0.25) is 0 Å². The van der Waals surface area contributed by atoms with Gasteiger partial charge < -0.3 is 19.9 Å². The lowest BCUT2D eigenvalue weighted by atomic mass is 10.1. The van der Waals surface area contributed by atoms with E-state index in [2.05, 4.69) is 25.4 Å². The van der Waals surface area contributed by atoms with Gasteiger partial charge >= 0.3 is 6.09 Å². The molecule has 0 atom stereocenters. The van der Waals surface area contributed by atoms with Crippen molar-refractivity contribution in [2.45, 2.75) is 32.8 Å². The molecule has 0 bridgehead atoms. The van der Waals surface area contributed by atoms with Crippen LogP contribution in [0.25, 0.3) is 10.8 Å². The molecule has 3 aromatic heterocycles. The number of aromatic nitrogens is 4. The molecule has 0 aliphatic carbocycles. The van der Waals surface area contributed by atoms with Crippen LogP contribution in [0.1, 0.15) is 32.0 Å². The number of carbonyl (C=O) groups is 1. The number of hydrogen-bond acceptors (Lipinski definition) is 8. The minimum absolute atomic E-state index is 0.297. The Hall–Kier alpha value is -3.89. The lowest BCUT2D eigenvalue weighted by Crippen LogP contribution is -2.50. The standard InChI is InChI=1S/C28H29Cl2N7O3/c1-28(2,3)40-27(39)37-11-9-36(10-12-37)19-7-8-23(31-16-19)34-25-24-17(15-32-35-26(24)38)13-18(33-25)14-20-21(29)5-4-6-22(20)30/h4-8,13,15-16H,9-12,14H2,1-3H3,(H,35,38)(H,31,33,34). The topological polar surface area (TPSA) is 116 Å². The van der Waals surface area contributed by atoms with E-state index in [1.165, 1.54) is 0 Å². The van der Waals surface area contributed by atoms with E-state index in [4.69, 9.17) is 32.9 Å². The third-order valence-electron chi connectivity index (χ3n) is 6.41. The number of fused-ring (bicyclic) bond motifs is 1. The molecule has 1 fully saturated rings. The number of rotatable bonds is 5. The molecule has 5 rings (SSSR count). The number of halogens is 2. The first-order valence-electron chi connectivity index (χ1n) is 12.8. The maximum absolute atomic E-state index is 12.7. The molecule has 1 saturated heterocycles. The van der Waals surface area contributed by atoms with Gasteiger partial charge in [0.1, 0.15) is 17.2 Å². The van der Waals surface area contributed by atoms with Gasteiger partial charge in [-0.25, -0.2) is 19.9 Å². The molecule has 4 heterocycles. The number of anilines is 3. The summed E-state index contributed by atoms with van der Waals surface area (Å²) in [5.41, 5.74) is 1.45. The molecule has 10 nitrogen and oxygen atoms in total. The van der Waals surface area contributed by atoms with E-state index in [1.54, 1.807) is 41.6 Å². The summed E-state index contributed by atoms with van der Waals surface area (Å²) in [5.74, 6) is 0.875. The molecular formula is C28H29Cl2N7O3. The molecule has 1 aliphatic rings. The van der Waals surface area contributed by atoms with Gasteiger partial charge in [-0.3, -0.25) is 4.79 Å². The van der Waals surface area contributed by atoms with Gasteiger partial charge in [0.15, 0.2) is 0 Å². The second kappa shape index (κ2) is 11.3. The molecule has 0 radical (unpaired) electrons. The Morgan fingerprint density at radius 2 is 1.80 bits per heavy atom. The predicted octanol–water partition coefficient (Wildman–Crippen LogP) is 5.41. The van der Waals surface area contributed by atoms with Crippen LogP contribution in [0, 0.1) is 0 Å². The number of H-pyrrole nitrogens is 1. The van der Waals surface area contributed by atoms with Gasteiger partial charge in [-0.2, -0.15) is 5.10 Å². The highest BCUT2D eigenvalue weighted by atomic mass is 35.5. The quantitative estimate of drug-likeness (QED) is 0.321. The van der Waals surface area contributed by atoms with Gasteiger partial charge in [-0.05, 0) is 56.7 Å². The van der Waals surface area contributed by atoms with Gasteiger partial charge in [0.05, 0.1) is 23.5 Å². The fourth-order valence-corrected chi connectivity index (χ4v) is 5.01. The van der Waals surface area contributed by atoms with Crippen molar-refractivity contribution in [3.8, 4) is 0 Å². The molecule has 12 heteroatoms. The number of ether oxygens (including phenoxy) is 1. The Balaban J connectivity index is 1.33. The van der Waals surface area contributed by atoms with Crippen molar-refractivity contribution in [1.29, 1.82) is 0 Å². The smallest absolute Gasteiger partial charge is 0.410 e. The van der Waals surface area contributed by atoms with Gasteiger partial charge in [-0.1, -0.05) is 29.3 Å². The van der Waals surface area contributed by atoms with Crippen LogP contribution >= 0.6 is 23.2 Å². The van der Waals surface area contributed by atoms with Crippen molar-refractivity contribution in [2.24, 2.45) is 0 Å². The van der Waals surface area contributed by atoms with Crippen molar-refractivity contribution >= 4 is 57.4 Å². The van der Waals surface area contributed by atoms with Crippen molar-refractivity contribution in [3.05, 3.63) is 80.4 Å². The highest BCUT2D eigenvalue weighted by Crippen LogP contribution is 2.29. The SMILES string of the molecule is CC(C)(C)OC(=O)N1CCN(c2ccc(Nc3nc(Cc4c(Cl)cccc4Cl)cc4cn[nH]c(=O)c34)nc2)CC1. The zero-order valence-electron chi connectivity index (χ0n) is 22.4. The largest absolute Gasteiger partial charge is 0.444 e. The average Bonchev–Trinajstić information content (AvgIpc) is 2.90. The van der Waals surface area contributed by atoms with Gasteiger partial charge in [0, 0.05) is 53.7 Å². The summed E-state index contributed by atoms with van der Waals surface area (Å²) in [7, 11) is 0. The molecule has 0 saturated carbocycles. The van der Waals surface area contributed by atoms with Crippen LogP contribution in [0.2, 0.25) is 10.0 Å². The molecule has 1 aromatic carbocycles. The highest BCUT2D eigenvalue weighted by molar-refractivity contribution is 6.36. The summed E-state index contributed by atoms with van der Waals surface area (Å²) in [5, 5.41) is 11.7. The Morgan fingerprint density at radius 1 is 1.07 bits per heavy atom. The zero-order chi connectivity index (χ0) is 28.4. The van der Waals surface area contributed by atoms with E-state index in [9.17, 15) is 9.59 Å². The second-order valence-corrected chi connectivity index (χ2v) is 11.3. The van der Waals surface area contributed by atoms with Crippen molar-refractivity contribution in [1.82, 2.24) is 25.1 Å². The Morgan fingerprint density at radius 3 is 2.45 bits per heavy atom. The van der Waals surface area contributed by atoms with Crippen molar-refractivity contribution in [3.63, 3.8) is 0 Å². The number of pyridine rings is 2. The molecule has 1 aliphatic heterocycles. The summed E-state index contributed by atoms with van der Waals surface area (Å²) in [6, 6.07) is 10.9. The molecule has 40 heavy (non-hydrogen) atoms. The number of benzene rings is 1. The van der Waals surface area contributed by atoms with E-state index in [0.29, 0.717) is 70.7 Å². The van der Waals surface area contributed by atoms with E-state index >= 15 is 0 Å². The fraction of sp³-hybridized carbons (Fsp3) is 0.321. The fourth-order valence-electron chi connectivity index (χ4n) is 4.48. The first-order valence-corrected chi connectivity index (χ1v) is 13.6. The maximum Gasteiger partial charge on any atom is 0.410 e. The normalized spacial score (nSPS) is 13.9. The van der Waals surface area contributed by atoms with Crippen LogP contribution in [0.15, 0.2) is 53.6 Å². The van der Waals surface area contributed by atoms with Crippen molar-refractivity contribution < 1.29 is 9.53 Å². The maximum atomic E-state index is 12.7. The lowest BCUT2D eigenvalue weighted by molar-refractivity contribution is 0.0240. The number of nitrogens with zero attached hydrogens (tertiary/aromatic N) is 5. The first kappa shape index (κ1) is 27.7. The molecule has 2 N–H and O–H groups in total. The zero-order valence-corrected chi connectivity index (χ0v) is 23.9. The van der Waals surface area contributed by atoms with E-state index in [0.717, 1.165) is 11.3 Å². The van der Waals surface area contributed by atoms with Crippen LogP contribution < -0.4 is 15.8 Å².